The number of nitrogens with one attached hydrogen (secondary N) is 1. The highest BCUT2D eigenvalue weighted by Crippen LogP contribution is 2.35. The van der Waals surface area contributed by atoms with E-state index >= 15 is 0 Å². The molecule has 1 aliphatic heterocycles. The van der Waals surface area contributed by atoms with Crippen LogP contribution >= 0.6 is 0 Å². The van der Waals surface area contributed by atoms with Gasteiger partial charge in [0.25, 0.3) is 0 Å². The van der Waals surface area contributed by atoms with Crippen molar-refractivity contribution in [3.8, 4) is 5.75 Å². The molecule has 4 rings (SSSR count). The molecule has 3 nitrogen and oxygen atoms in total. The summed E-state index contributed by atoms with van der Waals surface area (Å²) in [6, 6.07) is 28.6. The molecule has 0 spiro atoms. The summed E-state index contributed by atoms with van der Waals surface area (Å²) in [5.41, 5.74) is 5.16. The SMILES string of the molecule is COc1ccc(N(Cc2ccccc2)Cc2ccccc2)cc1C(C)[C@@H]1CCCN1. The normalized spacial score (nSPS) is 16.9. The summed E-state index contributed by atoms with van der Waals surface area (Å²) in [5, 5.41) is 3.67. The first-order chi connectivity index (χ1) is 14.7. The average molecular weight is 401 g/mol. The van der Waals surface area contributed by atoms with Crippen molar-refractivity contribution in [2.24, 2.45) is 0 Å². The Labute approximate surface area is 180 Å². The van der Waals surface area contributed by atoms with Gasteiger partial charge in [0, 0.05) is 36.3 Å². The van der Waals surface area contributed by atoms with Crippen LogP contribution in [0.15, 0.2) is 78.9 Å². The van der Waals surface area contributed by atoms with Gasteiger partial charge in [0.1, 0.15) is 5.75 Å². The molecular formula is C27H32N2O. The molecule has 0 saturated carbocycles. The van der Waals surface area contributed by atoms with Gasteiger partial charge >= 0.3 is 0 Å². The van der Waals surface area contributed by atoms with Gasteiger partial charge in [-0.2, -0.15) is 0 Å². The molecule has 156 valence electrons. The Balaban J connectivity index is 1.67. The molecule has 3 aromatic carbocycles. The van der Waals surface area contributed by atoms with Crippen molar-refractivity contribution in [2.45, 2.75) is 44.8 Å². The van der Waals surface area contributed by atoms with Gasteiger partial charge in [-0.3, -0.25) is 0 Å². The van der Waals surface area contributed by atoms with Crippen LogP contribution in [0.4, 0.5) is 5.69 Å². The summed E-state index contributed by atoms with van der Waals surface area (Å²) in [6.07, 6.45) is 2.48. The second kappa shape index (κ2) is 9.82. The number of nitrogens with zero attached hydrogens (tertiary/aromatic N) is 1. The summed E-state index contributed by atoms with van der Waals surface area (Å²) in [7, 11) is 1.78. The lowest BCUT2D eigenvalue weighted by Gasteiger charge is -2.28. The summed E-state index contributed by atoms with van der Waals surface area (Å²) in [6.45, 7) is 5.18. The van der Waals surface area contributed by atoms with Crippen molar-refractivity contribution in [1.29, 1.82) is 0 Å². The molecule has 2 atom stereocenters. The van der Waals surface area contributed by atoms with Crippen LogP contribution in [0.1, 0.15) is 42.4 Å². The Morgan fingerprint density at radius 2 is 1.57 bits per heavy atom. The van der Waals surface area contributed by atoms with E-state index in [0.717, 1.165) is 25.4 Å². The van der Waals surface area contributed by atoms with Crippen molar-refractivity contribution in [3.63, 3.8) is 0 Å². The summed E-state index contributed by atoms with van der Waals surface area (Å²) in [5.74, 6) is 1.40. The molecule has 1 N–H and O–H groups in total. The number of hydrogen-bond donors (Lipinski definition) is 1. The number of rotatable bonds is 8. The molecule has 30 heavy (non-hydrogen) atoms. The molecule has 3 aromatic rings. The van der Waals surface area contributed by atoms with E-state index < -0.39 is 0 Å². The molecule has 0 aromatic heterocycles. The molecular weight excluding hydrogens is 368 g/mol. The highest BCUT2D eigenvalue weighted by molar-refractivity contribution is 5.55. The molecule has 1 saturated heterocycles. The first-order valence-corrected chi connectivity index (χ1v) is 11.0. The molecule has 0 bridgehead atoms. The monoisotopic (exact) mass is 400 g/mol. The lowest BCUT2D eigenvalue weighted by molar-refractivity contribution is 0.399. The Morgan fingerprint density at radius 3 is 2.10 bits per heavy atom. The van der Waals surface area contributed by atoms with Gasteiger partial charge in [0.05, 0.1) is 7.11 Å². The smallest absolute Gasteiger partial charge is 0.122 e. The largest absolute Gasteiger partial charge is 0.496 e. The molecule has 1 aliphatic rings. The van der Waals surface area contributed by atoms with Crippen LogP contribution in [-0.2, 0) is 13.1 Å². The molecule has 1 unspecified atom stereocenters. The van der Waals surface area contributed by atoms with Crippen LogP contribution in [0.5, 0.6) is 5.75 Å². The third kappa shape index (κ3) is 4.85. The Morgan fingerprint density at radius 1 is 0.933 bits per heavy atom. The maximum atomic E-state index is 5.75. The quantitative estimate of drug-likeness (QED) is 0.520. The van der Waals surface area contributed by atoms with E-state index in [1.807, 2.05) is 0 Å². The maximum absolute atomic E-state index is 5.75. The third-order valence-electron chi connectivity index (χ3n) is 6.20. The van der Waals surface area contributed by atoms with E-state index in [4.69, 9.17) is 4.74 Å². The van der Waals surface area contributed by atoms with Crippen molar-refractivity contribution in [3.05, 3.63) is 95.6 Å². The first kappa shape index (κ1) is 20.5. The van der Waals surface area contributed by atoms with Crippen molar-refractivity contribution in [1.82, 2.24) is 5.32 Å². The average Bonchev–Trinajstić information content (AvgIpc) is 3.34. The second-order valence-corrected chi connectivity index (χ2v) is 8.25. The van der Waals surface area contributed by atoms with Crippen LogP contribution in [0.3, 0.4) is 0 Å². The first-order valence-electron chi connectivity index (χ1n) is 11.0. The van der Waals surface area contributed by atoms with Crippen LogP contribution in [-0.4, -0.2) is 19.7 Å². The van der Waals surface area contributed by atoms with E-state index in [9.17, 15) is 0 Å². The minimum Gasteiger partial charge on any atom is -0.496 e. The highest BCUT2D eigenvalue weighted by atomic mass is 16.5. The van der Waals surface area contributed by atoms with Crippen molar-refractivity contribution in [2.75, 3.05) is 18.6 Å². The number of methoxy groups -OCH3 is 1. The lowest BCUT2D eigenvalue weighted by atomic mass is 9.91. The van der Waals surface area contributed by atoms with E-state index in [2.05, 4.69) is 96.0 Å². The molecule has 3 heteroatoms. The van der Waals surface area contributed by atoms with Crippen molar-refractivity contribution < 1.29 is 4.74 Å². The van der Waals surface area contributed by atoms with Gasteiger partial charge in [0.2, 0.25) is 0 Å². The van der Waals surface area contributed by atoms with E-state index in [0.29, 0.717) is 12.0 Å². The fourth-order valence-electron chi connectivity index (χ4n) is 4.48. The van der Waals surface area contributed by atoms with Crippen LogP contribution in [0.25, 0.3) is 0 Å². The third-order valence-corrected chi connectivity index (χ3v) is 6.20. The van der Waals surface area contributed by atoms with Crippen molar-refractivity contribution >= 4 is 5.69 Å². The minimum absolute atomic E-state index is 0.415. The molecule has 0 amide bonds. The van der Waals surface area contributed by atoms with E-state index in [1.54, 1.807) is 7.11 Å². The predicted molar refractivity (Wildman–Crippen MR) is 125 cm³/mol. The van der Waals surface area contributed by atoms with E-state index in [-0.39, 0.29) is 0 Å². The summed E-state index contributed by atoms with van der Waals surface area (Å²) in [4.78, 5) is 2.46. The maximum Gasteiger partial charge on any atom is 0.122 e. The summed E-state index contributed by atoms with van der Waals surface area (Å²) >= 11 is 0. The van der Waals surface area contributed by atoms with Crippen LogP contribution in [0.2, 0.25) is 0 Å². The fourth-order valence-corrected chi connectivity index (χ4v) is 4.48. The van der Waals surface area contributed by atoms with Gasteiger partial charge in [-0.25, -0.2) is 0 Å². The molecule has 0 aliphatic carbocycles. The Hall–Kier alpha value is -2.78. The van der Waals surface area contributed by atoms with Gasteiger partial charge in [-0.15, -0.1) is 0 Å². The second-order valence-electron chi connectivity index (χ2n) is 8.25. The number of benzene rings is 3. The molecule has 1 heterocycles. The zero-order chi connectivity index (χ0) is 20.8. The van der Waals surface area contributed by atoms with Crippen LogP contribution < -0.4 is 15.0 Å². The van der Waals surface area contributed by atoms with Gasteiger partial charge in [-0.1, -0.05) is 67.6 Å². The van der Waals surface area contributed by atoms with E-state index in [1.165, 1.54) is 35.2 Å². The number of ether oxygens (including phenoxy) is 1. The summed E-state index contributed by atoms with van der Waals surface area (Å²) < 4.78 is 5.75. The van der Waals surface area contributed by atoms with Gasteiger partial charge in [-0.05, 0) is 48.7 Å². The number of anilines is 1. The standard InChI is InChI=1S/C27H32N2O/c1-21(26-14-9-17-28-26)25-18-24(15-16-27(25)30-2)29(19-22-10-5-3-6-11-22)20-23-12-7-4-8-13-23/h3-8,10-13,15-16,18,21,26,28H,9,14,17,19-20H2,1-2H3/t21?,26-/m0/s1. The zero-order valence-electron chi connectivity index (χ0n) is 18.1. The lowest BCUT2D eigenvalue weighted by Crippen LogP contribution is -2.28. The van der Waals surface area contributed by atoms with Gasteiger partial charge in [0.15, 0.2) is 0 Å². The molecule has 1 fully saturated rings. The fraction of sp³-hybridized carbons (Fsp3) is 0.333. The van der Waals surface area contributed by atoms with Crippen LogP contribution in [0, 0.1) is 0 Å². The Kier molecular flexibility index (Phi) is 6.70. The van der Waals surface area contributed by atoms with Gasteiger partial charge < -0.3 is 15.0 Å². The number of hydrogen-bond acceptors (Lipinski definition) is 3. The topological polar surface area (TPSA) is 24.5 Å². The predicted octanol–water partition coefficient (Wildman–Crippen LogP) is 5.76. The minimum atomic E-state index is 0.415. The molecule has 0 radical (unpaired) electrons. The highest BCUT2D eigenvalue weighted by Gasteiger charge is 2.25. The zero-order valence-corrected chi connectivity index (χ0v) is 18.1. The Bertz CT molecular complexity index is 879.